The number of imidazole rings is 1. The minimum atomic E-state index is -2.13. The van der Waals surface area contributed by atoms with Gasteiger partial charge in [0.05, 0.1) is 38.2 Å². The van der Waals surface area contributed by atoms with Crippen molar-refractivity contribution >= 4 is 40.8 Å². The molecule has 3 unspecified atom stereocenters. The number of carbonyl (C=O) groups excluding carboxylic acids is 3. The number of hydrogen-bond acceptors (Lipinski definition) is 11. The summed E-state index contributed by atoms with van der Waals surface area (Å²) in [5, 5.41) is 3.03. The van der Waals surface area contributed by atoms with E-state index in [9.17, 15) is 14.4 Å². The fourth-order valence-corrected chi connectivity index (χ4v) is 5.16. The number of allylic oxidation sites excluding steroid dienone is 2. The molecular weight excluding hydrogens is 566 g/mol. The van der Waals surface area contributed by atoms with E-state index in [1.165, 1.54) is 0 Å². The molecule has 232 valence electrons. The lowest BCUT2D eigenvalue weighted by Crippen LogP contribution is -2.54. The second-order valence-corrected chi connectivity index (χ2v) is 10.1. The van der Waals surface area contributed by atoms with Crippen LogP contribution in [-0.2, 0) is 39.8 Å². The van der Waals surface area contributed by atoms with Crippen molar-refractivity contribution in [1.82, 2.24) is 19.5 Å². The van der Waals surface area contributed by atoms with Gasteiger partial charge in [0.1, 0.15) is 18.3 Å². The van der Waals surface area contributed by atoms with Crippen molar-refractivity contribution in [2.24, 2.45) is 5.92 Å². The predicted octanol–water partition coefficient (Wildman–Crippen LogP) is 3.44. The van der Waals surface area contributed by atoms with Gasteiger partial charge in [-0.25, -0.2) is 24.5 Å². The molecule has 44 heavy (non-hydrogen) atoms. The average molecular weight is 604 g/mol. The third-order valence-corrected chi connectivity index (χ3v) is 7.41. The van der Waals surface area contributed by atoms with E-state index in [4.69, 9.17) is 25.4 Å². The van der Waals surface area contributed by atoms with Crippen LogP contribution in [0.2, 0.25) is 0 Å². The van der Waals surface area contributed by atoms with Gasteiger partial charge in [-0.3, -0.25) is 9.36 Å². The van der Waals surface area contributed by atoms with E-state index in [0.29, 0.717) is 45.9 Å². The average Bonchev–Trinajstić information content (AvgIpc) is 3.64. The Morgan fingerprint density at radius 1 is 1.18 bits per heavy atom. The fraction of sp³-hybridized carbons (Fsp3) is 0.438. The number of ether oxygens (including phenoxy) is 4. The molecule has 1 aliphatic heterocycles. The Balaban J connectivity index is 1.63. The Bertz CT molecular complexity index is 1560. The van der Waals surface area contributed by atoms with Crippen LogP contribution in [0.1, 0.15) is 50.4 Å². The number of nitrogens with one attached hydrogen (secondary N) is 1. The number of hydrogen-bond donors (Lipinski definition) is 1. The summed E-state index contributed by atoms with van der Waals surface area (Å²) in [6.07, 6.45) is 9.02. The van der Waals surface area contributed by atoms with Crippen molar-refractivity contribution in [3.05, 3.63) is 53.6 Å². The number of rotatable bonds is 13. The monoisotopic (exact) mass is 603 g/mol. The van der Waals surface area contributed by atoms with Crippen LogP contribution < -0.4 is 5.32 Å². The van der Waals surface area contributed by atoms with Gasteiger partial charge in [-0.1, -0.05) is 30.3 Å². The molecule has 12 nitrogen and oxygen atoms in total. The molecule has 0 amide bonds. The Labute approximate surface area is 256 Å². The molecule has 0 bridgehead atoms. The van der Waals surface area contributed by atoms with Crippen LogP contribution in [0.25, 0.3) is 16.7 Å². The molecule has 0 aliphatic carbocycles. The van der Waals surface area contributed by atoms with E-state index >= 15 is 0 Å². The Morgan fingerprint density at radius 2 is 1.86 bits per heavy atom. The summed E-state index contributed by atoms with van der Waals surface area (Å²) in [4.78, 5) is 51.8. The molecule has 3 heterocycles. The van der Waals surface area contributed by atoms with Gasteiger partial charge in [0.25, 0.3) is 5.60 Å². The van der Waals surface area contributed by atoms with E-state index in [-0.39, 0.29) is 26.2 Å². The summed E-state index contributed by atoms with van der Waals surface area (Å²) in [6.45, 7) is 6.67. The summed E-state index contributed by atoms with van der Waals surface area (Å²) in [6, 6.07) is 6.91. The van der Waals surface area contributed by atoms with Crippen LogP contribution in [-0.4, -0.2) is 76.3 Å². The standard InChI is InChI=1S/C32H37N5O7/c1-7-22-15-26(37-19-34-27-28(33-6)35-20(5)36-29(27)37)44-25(22)18-43-32(30(39)41-9-3,31(40)42-10-4)16-21-11-13-24(14-12-21)23(8-2)17-38/h1,8,11-14,17,19,22,25-26H,9-10,15-16,18H2,2-6H3,(H,33,35,36)/b23-8+. The SMILES string of the molecule is C#CC1CC(n2cnc3c(NC)nc(C)nc32)OC1COC(Cc1ccc(/C(C=O)=C/C)cc1)(C(=O)OCC)C(=O)OCC. The number of terminal acetylenes is 1. The Hall–Kier alpha value is -4.60. The second-order valence-electron chi connectivity index (χ2n) is 10.1. The van der Waals surface area contributed by atoms with E-state index in [0.717, 1.165) is 6.29 Å². The summed E-state index contributed by atoms with van der Waals surface area (Å²) in [7, 11) is 1.76. The van der Waals surface area contributed by atoms with Crippen molar-refractivity contribution < 1.29 is 33.3 Å². The number of anilines is 1. The fourth-order valence-electron chi connectivity index (χ4n) is 5.16. The van der Waals surface area contributed by atoms with Crippen molar-refractivity contribution in [2.75, 3.05) is 32.2 Å². The first-order valence-corrected chi connectivity index (χ1v) is 14.4. The van der Waals surface area contributed by atoms with Crippen LogP contribution >= 0.6 is 0 Å². The van der Waals surface area contributed by atoms with Crippen LogP contribution in [0.4, 0.5) is 5.82 Å². The van der Waals surface area contributed by atoms with E-state index in [2.05, 4.69) is 26.2 Å². The number of benzene rings is 1. The maximum Gasteiger partial charge on any atom is 0.350 e. The molecule has 4 rings (SSSR count). The van der Waals surface area contributed by atoms with Gasteiger partial charge in [0.15, 0.2) is 17.0 Å². The van der Waals surface area contributed by atoms with E-state index in [1.54, 1.807) is 76.0 Å². The lowest BCUT2D eigenvalue weighted by molar-refractivity contribution is -0.195. The van der Waals surface area contributed by atoms with Gasteiger partial charge >= 0.3 is 11.9 Å². The molecular formula is C32H37N5O7. The van der Waals surface area contributed by atoms with Crippen LogP contribution in [0.15, 0.2) is 36.7 Å². The lowest BCUT2D eigenvalue weighted by Gasteiger charge is -2.31. The molecule has 0 spiro atoms. The van der Waals surface area contributed by atoms with Gasteiger partial charge < -0.3 is 24.3 Å². The largest absolute Gasteiger partial charge is 0.463 e. The third-order valence-electron chi connectivity index (χ3n) is 7.41. The quantitative estimate of drug-likeness (QED) is 0.101. The first-order valence-electron chi connectivity index (χ1n) is 14.4. The highest BCUT2D eigenvalue weighted by atomic mass is 16.6. The summed E-state index contributed by atoms with van der Waals surface area (Å²) >= 11 is 0. The van der Waals surface area contributed by atoms with Gasteiger partial charge in [-0.05, 0) is 38.8 Å². The topological polar surface area (TPSA) is 144 Å². The molecule has 12 heteroatoms. The molecule has 0 radical (unpaired) electrons. The summed E-state index contributed by atoms with van der Waals surface area (Å²) in [5.74, 6) is 1.73. The van der Waals surface area contributed by atoms with Crippen molar-refractivity contribution in [2.45, 2.75) is 58.5 Å². The first kappa shape index (κ1) is 32.3. The molecule has 1 aromatic carbocycles. The molecule has 3 aromatic rings. The predicted molar refractivity (Wildman–Crippen MR) is 162 cm³/mol. The first-order chi connectivity index (χ1) is 21.2. The second kappa shape index (κ2) is 14.2. The maximum atomic E-state index is 13.5. The third kappa shape index (κ3) is 6.49. The minimum absolute atomic E-state index is 0.0187. The molecule has 1 aliphatic rings. The van der Waals surface area contributed by atoms with Gasteiger partial charge in [0, 0.05) is 25.5 Å². The molecule has 3 atom stereocenters. The summed E-state index contributed by atoms with van der Waals surface area (Å²) < 4.78 is 25.0. The highest BCUT2D eigenvalue weighted by molar-refractivity contribution is 6.06. The minimum Gasteiger partial charge on any atom is -0.463 e. The number of aldehydes is 1. The highest BCUT2D eigenvalue weighted by Crippen LogP contribution is 2.36. The van der Waals surface area contributed by atoms with Crippen LogP contribution in [0.5, 0.6) is 0 Å². The Kier molecular flexibility index (Phi) is 10.5. The number of carbonyl (C=O) groups is 3. The number of aryl methyl sites for hydroxylation is 1. The van der Waals surface area contributed by atoms with Crippen molar-refractivity contribution in [3.63, 3.8) is 0 Å². The molecule has 1 fully saturated rings. The molecule has 0 saturated carbocycles. The number of aromatic nitrogens is 4. The van der Waals surface area contributed by atoms with E-state index < -0.39 is 35.8 Å². The normalized spacial score (nSPS) is 18.5. The van der Waals surface area contributed by atoms with Crippen LogP contribution in [0.3, 0.4) is 0 Å². The van der Waals surface area contributed by atoms with E-state index in [1.807, 2.05) is 0 Å². The molecule has 2 aromatic heterocycles. The molecule has 1 N–H and O–H groups in total. The van der Waals surface area contributed by atoms with Crippen molar-refractivity contribution in [1.29, 1.82) is 0 Å². The number of esters is 2. The zero-order valence-corrected chi connectivity index (χ0v) is 25.5. The molecule has 1 saturated heterocycles. The maximum absolute atomic E-state index is 13.5. The zero-order valence-electron chi connectivity index (χ0n) is 25.5. The lowest BCUT2D eigenvalue weighted by atomic mass is 9.92. The number of nitrogens with zero attached hydrogens (tertiary/aromatic N) is 4. The van der Waals surface area contributed by atoms with Crippen molar-refractivity contribution in [3.8, 4) is 12.3 Å². The zero-order chi connectivity index (χ0) is 31.9. The van der Waals surface area contributed by atoms with Gasteiger partial charge in [-0.15, -0.1) is 12.3 Å². The smallest absolute Gasteiger partial charge is 0.350 e. The van der Waals surface area contributed by atoms with Gasteiger partial charge in [-0.2, -0.15) is 0 Å². The number of fused-ring (bicyclic) bond motifs is 1. The van der Waals surface area contributed by atoms with Crippen LogP contribution in [0, 0.1) is 25.2 Å². The Morgan fingerprint density at radius 3 is 2.43 bits per heavy atom. The summed E-state index contributed by atoms with van der Waals surface area (Å²) in [5.41, 5.74) is 0.837. The van der Waals surface area contributed by atoms with Gasteiger partial charge in [0.2, 0.25) is 0 Å². The highest BCUT2D eigenvalue weighted by Gasteiger charge is 2.52.